The smallest absolute Gasteiger partial charge is 1.00 e. The van der Waals surface area contributed by atoms with E-state index in [1.54, 1.807) is 0 Å². The number of rotatable bonds is 0. The van der Waals surface area contributed by atoms with Crippen LogP contribution in [0.3, 0.4) is 0 Å². The first-order chi connectivity index (χ1) is 9.66. The summed E-state index contributed by atoms with van der Waals surface area (Å²) in [5, 5.41) is 0. The van der Waals surface area contributed by atoms with Gasteiger partial charge in [-0.15, -0.1) is 11.1 Å². The summed E-state index contributed by atoms with van der Waals surface area (Å²) in [4.78, 5) is 0. The van der Waals surface area contributed by atoms with E-state index in [9.17, 15) is 0 Å². The van der Waals surface area contributed by atoms with Crippen LogP contribution in [0.1, 0.15) is 63.8 Å². The van der Waals surface area contributed by atoms with Gasteiger partial charge in [0.05, 0.1) is 0 Å². The Morgan fingerprint density at radius 3 is 1.92 bits per heavy atom. The van der Waals surface area contributed by atoms with Crippen molar-refractivity contribution >= 4 is 0 Å². The Bertz CT molecular complexity index is 645. The second kappa shape index (κ2) is 8.07. The van der Waals surface area contributed by atoms with Gasteiger partial charge >= 0.3 is 26.2 Å². The molecule has 0 bridgehead atoms. The maximum atomic E-state index is 3.67. The average molecular weight is 440 g/mol. The van der Waals surface area contributed by atoms with Crippen molar-refractivity contribution < 1.29 is 51.0 Å². The fourth-order valence-electron chi connectivity index (χ4n) is 3.03. The second-order valence-corrected chi connectivity index (χ2v) is 8.31. The summed E-state index contributed by atoms with van der Waals surface area (Å²) in [6.07, 6.45) is 1.03. The van der Waals surface area contributed by atoms with Gasteiger partial charge in [-0.3, -0.25) is 0 Å². The van der Waals surface area contributed by atoms with Crippen molar-refractivity contribution in [2.45, 2.75) is 58.8 Å². The third-order valence-corrected chi connectivity index (χ3v) is 4.46. The Morgan fingerprint density at radius 2 is 1.38 bits per heavy atom. The van der Waals surface area contributed by atoms with Gasteiger partial charge in [0.15, 0.2) is 0 Å². The third-order valence-electron chi connectivity index (χ3n) is 4.46. The van der Waals surface area contributed by atoms with Crippen molar-refractivity contribution in [3.63, 3.8) is 0 Å². The van der Waals surface area contributed by atoms with Gasteiger partial charge in [0.1, 0.15) is 0 Å². The fraction of sp³-hybridized carbons (Fsp3) is 0.429. The molecular weight excluding hydrogens is 414 g/mol. The molecule has 0 N–H and O–H groups in total. The monoisotopic (exact) mass is 437 g/mol. The Labute approximate surface area is 178 Å². The summed E-state index contributed by atoms with van der Waals surface area (Å²) in [6.45, 7) is 13.6. The molecule has 0 amide bonds. The van der Waals surface area contributed by atoms with Crippen LogP contribution in [0.25, 0.3) is 11.1 Å². The van der Waals surface area contributed by atoms with Crippen LogP contribution in [-0.4, -0.2) is 0 Å². The number of hydrogen-bond acceptors (Lipinski definition) is 0. The number of halogens is 2. The predicted molar refractivity (Wildman–Crippen MR) is 90.9 cm³/mol. The molecule has 3 heteroatoms. The first-order valence-corrected chi connectivity index (χ1v) is 7.86. The van der Waals surface area contributed by atoms with Gasteiger partial charge in [0.2, 0.25) is 0 Å². The van der Waals surface area contributed by atoms with E-state index in [0.29, 0.717) is 0 Å². The van der Waals surface area contributed by atoms with Gasteiger partial charge in [-0.1, -0.05) is 65.3 Å². The number of fused-ring (bicyclic) bond motifs is 3. The van der Waals surface area contributed by atoms with E-state index in [1.807, 2.05) is 0 Å². The van der Waals surface area contributed by atoms with Crippen molar-refractivity contribution in [2.24, 2.45) is 0 Å². The predicted octanol–water partition coefficient (Wildman–Crippen LogP) is -0.342. The van der Waals surface area contributed by atoms with Crippen LogP contribution in [0, 0.1) is 6.07 Å². The van der Waals surface area contributed by atoms with Crippen LogP contribution in [0.15, 0.2) is 30.3 Å². The maximum absolute atomic E-state index is 3.67. The quantitative estimate of drug-likeness (QED) is 0.421. The van der Waals surface area contributed by atoms with E-state index in [-0.39, 0.29) is 61.8 Å². The molecule has 0 saturated heterocycles. The minimum atomic E-state index is 0. The second-order valence-electron chi connectivity index (χ2n) is 8.31. The topological polar surface area (TPSA) is 0 Å². The van der Waals surface area contributed by atoms with Crippen molar-refractivity contribution in [3.05, 3.63) is 58.7 Å². The molecule has 0 unspecified atom stereocenters. The van der Waals surface area contributed by atoms with Crippen LogP contribution in [0.2, 0.25) is 0 Å². The zero-order chi connectivity index (χ0) is 15.4. The molecule has 0 aromatic heterocycles. The van der Waals surface area contributed by atoms with E-state index in [4.69, 9.17) is 0 Å². The first kappa shape index (κ1) is 23.9. The Hall–Kier alpha value is -0.0969. The van der Waals surface area contributed by atoms with Gasteiger partial charge in [0, 0.05) is 0 Å². The molecule has 127 valence electrons. The van der Waals surface area contributed by atoms with Crippen LogP contribution in [0.4, 0.5) is 0 Å². The van der Waals surface area contributed by atoms with E-state index in [0.717, 1.165) is 6.42 Å². The molecule has 0 atom stereocenters. The SMILES string of the molecule is CC(C)(C)c1[c-]c2c(cc1)-c1ccc(C(C)(C)C)cc1C2.[Cl-].[Cl-].[Zr+3]. The minimum absolute atomic E-state index is 0. The summed E-state index contributed by atoms with van der Waals surface area (Å²) < 4.78 is 0. The summed E-state index contributed by atoms with van der Waals surface area (Å²) in [7, 11) is 0. The first-order valence-electron chi connectivity index (χ1n) is 7.86. The Morgan fingerprint density at radius 1 is 0.792 bits per heavy atom. The fourth-order valence-corrected chi connectivity index (χ4v) is 3.03. The standard InChI is InChI=1S/C21H25.2ClH.Zr/c1-20(2,3)16-7-9-18-14(12-16)11-15-13-17(21(4,5)6)8-10-19(15)18;;;/h7-10,12H,11H2,1-6H3;2*1H;/q-1;;;+3/p-2. The average Bonchev–Trinajstić information content (AvgIpc) is 2.73. The summed E-state index contributed by atoms with van der Waals surface area (Å²) in [5.41, 5.74) is 8.70. The molecule has 24 heavy (non-hydrogen) atoms. The van der Waals surface area contributed by atoms with Gasteiger partial charge in [-0.25, -0.2) is 0 Å². The van der Waals surface area contributed by atoms with E-state index in [1.165, 1.54) is 33.4 Å². The molecule has 1 aliphatic carbocycles. The van der Waals surface area contributed by atoms with Crippen molar-refractivity contribution in [1.29, 1.82) is 0 Å². The zero-order valence-electron chi connectivity index (χ0n) is 15.3. The normalized spacial score (nSPS) is 12.2. The maximum Gasteiger partial charge on any atom is 3.00 e. The van der Waals surface area contributed by atoms with Gasteiger partial charge in [0.25, 0.3) is 0 Å². The van der Waals surface area contributed by atoms with E-state index >= 15 is 0 Å². The Kier molecular flexibility index (Phi) is 8.04. The molecule has 0 nitrogen and oxygen atoms in total. The molecule has 2 aromatic carbocycles. The molecule has 0 fully saturated rings. The third kappa shape index (κ3) is 4.54. The van der Waals surface area contributed by atoms with Crippen molar-refractivity contribution in [2.75, 3.05) is 0 Å². The summed E-state index contributed by atoms with van der Waals surface area (Å²) in [6, 6.07) is 15.2. The van der Waals surface area contributed by atoms with E-state index < -0.39 is 0 Å². The summed E-state index contributed by atoms with van der Waals surface area (Å²) in [5.74, 6) is 0. The molecular formula is C21H25Cl2Zr. The zero-order valence-corrected chi connectivity index (χ0v) is 19.3. The molecule has 0 aliphatic heterocycles. The number of hydrogen-bond donors (Lipinski definition) is 0. The molecule has 2 aromatic rings. The van der Waals surface area contributed by atoms with E-state index in [2.05, 4.69) is 77.9 Å². The van der Waals surface area contributed by atoms with Gasteiger partial charge in [-0.2, -0.15) is 23.8 Å². The number of benzene rings is 2. The Balaban J connectivity index is 0.00000176. The molecule has 1 radical (unpaired) electrons. The van der Waals surface area contributed by atoms with Crippen LogP contribution in [0.5, 0.6) is 0 Å². The van der Waals surface area contributed by atoms with Crippen LogP contribution >= 0.6 is 0 Å². The molecule has 0 saturated carbocycles. The van der Waals surface area contributed by atoms with Crippen molar-refractivity contribution in [3.8, 4) is 11.1 Å². The van der Waals surface area contributed by atoms with Gasteiger partial charge in [-0.05, 0) is 28.4 Å². The molecule has 1 aliphatic rings. The minimum Gasteiger partial charge on any atom is -1.00 e. The summed E-state index contributed by atoms with van der Waals surface area (Å²) >= 11 is 0. The molecule has 3 rings (SSSR count). The van der Waals surface area contributed by atoms with Crippen LogP contribution in [-0.2, 0) is 43.5 Å². The molecule has 0 spiro atoms. The molecule has 0 heterocycles. The van der Waals surface area contributed by atoms with Gasteiger partial charge < -0.3 is 24.8 Å². The van der Waals surface area contributed by atoms with Crippen molar-refractivity contribution in [1.82, 2.24) is 0 Å². The largest absolute Gasteiger partial charge is 3.00 e. The van der Waals surface area contributed by atoms with Crippen LogP contribution < -0.4 is 24.8 Å².